The number of nitrogens with zero attached hydrogens (tertiary/aromatic N) is 1. The van der Waals surface area contributed by atoms with Crippen LogP contribution in [-0.4, -0.2) is 43.8 Å². The van der Waals surface area contributed by atoms with Gasteiger partial charge in [-0.1, -0.05) is 24.3 Å². The van der Waals surface area contributed by atoms with E-state index in [2.05, 4.69) is 15.3 Å². The van der Waals surface area contributed by atoms with Gasteiger partial charge in [0.05, 0.1) is 32.4 Å². The Hall–Kier alpha value is -4.20. The van der Waals surface area contributed by atoms with Gasteiger partial charge in [0.25, 0.3) is 5.91 Å². The van der Waals surface area contributed by atoms with E-state index in [0.717, 1.165) is 22.2 Å². The Kier molecular flexibility index (Phi) is 6.35. The van der Waals surface area contributed by atoms with Crippen molar-refractivity contribution in [2.45, 2.75) is 6.92 Å². The number of hydrogen-bond donors (Lipinski definition) is 2. The molecule has 8 nitrogen and oxygen atoms in total. The van der Waals surface area contributed by atoms with Crippen molar-refractivity contribution in [2.75, 3.05) is 33.3 Å². The molecule has 1 amide bonds. The average Bonchev–Trinajstić information content (AvgIpc) is 3.26. The second kappa shape index (κ2) is 9.52. The van der Waals surface area contributed by atoms with Crippen molar-refractivity contribution in [3.63, 3.8) is 0 Å². The molecule has 1 heterocycles. The molecule has 170 valence electrons. The zero-order chi connectivity index (χ0) is 23.4. The maximum absolute atomic E-state index is 12.5. The Morgan fingerprint density at radius 3 is 2.33 bits per heavy atom. The lowest BCUT2D eigenvalue weighted by atomic mass is 10.1. The van der Waals surface area contributed by atoms with Crippen molar-refractivity contribution in [3.8, 4) is 34.4 Å². The number of para-hydroxylation sites is 2. The minimum Gasteiger partial charge on any atom is -0.493 e. The summed E-state index contributed by atoms with van der Waals surface area (Å²) in [5, 5.41) is 2.91. The Balaban J connectivity index is 1.53. The van der Waals surface area contributed by atoms with Crippen LogP contribution >= 0.6 is 0 Å². The lowest BCUT2D eigenvalue weighted by Crippen LogP contribution is -2.20. The maximum atomic E-state index is 12.5. The second-order valence-electron chi connectivity index (χ2n) is 7.33. The molecule has 2 N–H and O–H groups in total. The largest absolute Gasteiger partial charge is 0.493 e. The molecule has 8 heteroatoms. The van der Waals surface area contributed by atoms with Gasteiger partial charge in [-0.3, -0.25) is 4.79 Å². The van der Waals surface area contributed by atoms with E-state index < -0.39 is 0 Å². The summed E-state index contributed by atoms with van der Waals surface area (Å²) in [4.78, 5) is 20.5. The zero-order valence-electron chi connectivity index (χ0n) is 18.9. The van der Waals surface area contributed by atoms with Crippen molar-refractivity contribution in [2.24, 2.45) is 0 Å². The molecule has 0 aliphatic carbocycles. The Labute approximate surface area is 191 Å². The van der Waals surface area contributed by atoms with Gasteiger partial charge in [-0.05, 0) is 30.7 Å². The molecule has 0 unspecified atom stereocenters. The van der Waals surface area contributed by atoms with Crippen LogP contribution in [0.25, 0.3) is 22.4 Å². The molecule has 33 heavy (non-hydrogen) atoms. The molecule has 0 radical (unpaired) electrons. The monoisotopic (exact) mass is 447 g/mol. The number of anilines is 1. The van der Waals surface area contributed by atoms with Crippen LogP contribution in [0, 0.1) is 6.92 Å². The average molecular weight is 447 g/mol. The number of rotatable bonds is 8. The first-order valence-corrected chi connectivity index (χ1v) is 10.3. The first-order chi connectivity index (χ1) is 16.0. The van der Waals surface area contributed by atoms with E-state index in [-0.39, 0.29) is 12.5 Å². The predicted octanol–water partition coefficient (Wildman–Crippen LogP) is 4.58. The SMILES string of the molecule is COc1cc2nc(-c3ccc(C)c(NC(=O)COc4ccccc4OC)c3)[nH]c2cc1OC. The number of fused-ring (bicyclic) bond motifs is 1. The van der Waals surface area contributed by atoms with Crippen molar-refractivity contribution in [1.82, 2.24) is 9.97 Å². The van der Waals surface area contributed by atoms with E-state index in [4.69, 9.17) is 18.9 Å². The van der Waals surface area contributed by atoms with E-state index in [1.54, 1.807) is 33.5 Å². The molecule has 3 aromatic carbocycles. The zero-order valence-corrected chi connectivity index (χ0v) is 18.9. The highest BCUT2D eigenvalue weighted by Gasteiger charge is 2.13. The van der Waals surface area contributed by atoms with Crippen LogP contribution in [0.1, 0.15) is 5.56 Å². The highest BCUT2D eigenvalue weighted by atomic mass is 16.5. The Morgan fingerprint density at radius 2 is 1.61 bits per heavy atom. The van der Waals surface area contributed by atoms with Gasteiger partial charge in [0.2, 0.25) is 0 Å². The number of imidazole rings is 1. The molecule has 0 aliphatic heterocycles. The molecular formula is C25H25N3O5. The lowest BCUT2D eigenvalue weighted by molar-refractivity contribution is -0.118. The molecule has 0 saturated heterocycles. The summed E-state index contributed by atoms with van der Waals surface area (Å²) in [6, 6.07) is 16.6. The molecule has 0 spiro atoms. The maximum Gasteiger partial charge on any atom is 0.262 e. The molecule has 0 aliphatic rings. The van der Waals surface area contributed by atoms with Crippen molar-refractivity contribution in [1.29, 1.82) is 0 Å². The third-order valence-corrected chi connectivity index (χ3v) is 5.20. The van der Waals surface area contributed by atoms with Crippen LogP contribution in [0.4, 0.5) is 5.69 Å². The smallest absolute Gasteiger partial charge is 0.262 e. The molecule has 0 bridgehead atoms. The summed E-state index contributed by atoms with van der Waals surface area (Å²) in [5.74, 6) is 2.69. The van der Waals surface area contributed by atoms with Crippen LogP contribution < -0.4 is 24.3 Å². The van der Waals surface area contributed by atoms with Crippen LogP contribution in [0.5, 0.6) is 23.0 Å². The number of nitrogens with one attached hydrogen (secondary N) is 2. The minimum absolute atomic E-state index is 0.145. The van der Waals surface area contributed by atoms with Crippen LogP contribution in [0.15, 0.2) is 54.6 Å². The first kappa shape index (κ1) is 22.0. The lowest BCUT2D eigenvalue weighted by Gasteiger charge is -2.12. The predicted molar refractivity (Wildman–Crippen MR) is 126 cm³/mol. The molecule has 0 fully saturated rings. The summed E-state index contributed by atoms with van der Waals surface area (Å²) >= 11 is 0. The fraction of sp³-hybridized carbons (Fsp3) is 0.200. The van der Waals surface area contributed by atoms with Gasteiger partial charge in [0.1, 0.15) is 5.82 Å². The number of H-pyrrole nitrogens is 1. The number of amides is 1. The molecule has 0 atom stereocenters. The molecular weight excluding hydrogens is 422 g/mol. The number of aromatic nitrogens is 2. The molecule has 4 aromatic rings. The van der Waals surface area contributed by atoms with Gasteiger partial charge in [-0.2, -0.15) is 0 Å². The number of carbonyl (C=O) groups is 1. The third kappa shape index (κ3) is 4.69. The molecule has 4 rings (SSSR count). The van der Waals surface area contributed by atoms with E-state index in [1.165, 1.54) is 0 Å². The Bertz CT molecular complexity index is 1260. The summed E-state index contributed by atoms with van der Waals surface area (Å²) < 4.78 is 21.6. The number of aromatic amines is 1. The summed E-state index contributed by atoms with van der Waals surface area (Å²) in [6.07, 6.45) is 0. The van der Waals surface area contributed by atoms with E-state index >= 15 is 0 Å². The fourth-order valence-electron chi connectivity index (χ4n) is 3.45. The van der Waals surface area contributed by atoms with Crippen molar-refractivity contribution in [3.05, 3.63) is 60.2 Å². The summed E-state index contributed by atoms with van der Waals surface area (Å²) in [6.45, 7) is 1.78. The number of hydrogen-bond acceptors (Lipinski definition) is 6. The van der Waals surface area contributed by atoms with Crippen LogP contribution in [-0.2, 0) is 4.79 Å². The van der Waals surface area contributed by atoms with E-state index in [9.17, 15) is 4.79 Å². The summed E-state index contributed by atoms with van der Waals surface area (Å²) in [7, 11) is 4.73. The highest BCUT2D eigenvalue weighted by Crippen LogP contribution is 2.33. The fourth-order valence-corrected chi connectivity index (χ4v) is 3.45. The Morgan fingerprint density at radius 1 is 0.909 bits per heavy atom. The number of methoxy groups -OCH3 is 3. The molecule has 1 aromatic heterocycles. The summed E-state index contributed by atoms with van der Waals surface area (Å²) in [5.41, 5.74) is 3.99. The number of aryl methyl sites for hydroxylation is 1. The van der Waals surface area contributed by atoms with Gasteiger partial charge < -0.3 is 29.2 Å². The van der Waals surface area contributed by atoms with Gasteiger partial charge in [-0.15, -0.1) is 0 Å². The standard InChI is InChI=1S/C25H25N3O5/c1-15-9-10-16(25-27-18-12-22(31-3)23(32-4)13-19(18)28-25)11-17(15)26-24(29)14-33-21-8-6-5-7-20(21)30-2/h5-13H,14H2,1-4H3,(H,26,29)(H,27,28). The van der Waals surface area contributed by atoms with Crippen molar-refractivity contribution < 1.29 is 23.7 Å². The quantitative estimate of drug-likeness (QED) is 0.411. The highest BCUT2D eigenvalue weighted by molar-refractivity contribution is 5.93. The normalized spacial score (nSPS) is 10.7. The number of carbonyl (C=O) groups excluding carboxylic acids is 1. The van der Waals surface area contributed by atoms with Gasteiger partial charge in [0, 0.05) is 23.4 Å². The number of benzene rings is 3. The first-order valence-electron chi connectivity index (χ1n) is 10.3. The van der Waals surface area contributed by atoms with E-state index in [1.807, 2.05) is 49.4 Å². The van der Waals surface area contributed by atoms with Gasteiger partial charge in [-0.25, -0.2) is 4.98 Å². The number of ether oxygens (including phenoxy) is 4. The van der Waals surface area contributed by atoms with E-state index in [0.29, 0.717) is 34.5 Å². The van der Waals surface area contributed by atoms with Gasteiger partial charge in [0.15, 0.2) is 29.6 Å². The van der Waals surface area contributed by atoms with Crippen LogP contribution in [0.3, 0.4) is 0 Å². The molecule has 0 saturated carbocycles. The second-order valence-corrected chi connectivity index (χ2v) is 7.33. The third-order valence-electron chi connectivity index (χ3n) is 5.20. The van der Waals surface area contributed by atoms with Crippen molar-refractivity contribution >= 4 is 22.6 Å². The van der Waals surface area contributed by atoms with Gasteiger partial charge >= 0.3 is 0 Å². The van der Waals surface area contributed by atoms with Crippen LogP contribution in [0.2, 0.25) is 0 Å². The minimum atomic E-state index is -0.278. The topological polar surface area (TPSA) is 94.7 Å².